The number of hydrogen-bond acceptors (Lipinski definition) is 7. The molecule has 2 aromatic carbocycles. The van der Waals surface area contributed by atoms with Crippen LogP contribution in [-0.2, 0) is 11.3 Å². The molecule has 152 valence electrons. The van der Waals surface area contributed by atoms with Crippen molar-refractivity contribution in [1.29, 1.82) is 0 Å². The zero-order valence-electron chi connectivity index (χ0n) is 15.8. The Morgan fingerprint density at radius 2 is 2.10 bits per heavy atom. The molecule has 8 nitrogen and oxygen atoms in total. The number of nitrogens with zero attached hydrogens (tertiary/aromatic N) is 4. The molecule has 0 aliphatic rings. The number of amides is 1. The Hall–Kier alpha value is -3.30. The monoisotopic (exact) mass is 441 g/mol. The van der Waals surface area contributed by atoms with E-state index in [2.05, 4.69) is 20.6 Å². The molecule has 0 spiro atoms. The number of methoxy groups -OCH3 is 1. The molecule has 30 heavy (non-hydrogen) atoms. The van der Waals surface area contributed by atoms with Crippen molar-refractivity contribution in [3.8, 4) is 17.0 Å². The van der Waals surface area contributed by atoms with Crippen LogP contribution in [0.3, 0.4) is 0 Å². The summed E-state index contributed by atoms with van der Waals surface area (Å²) in [6.07, 6.45) is 0.0657. The van der Waals surface area contributed by atoms with Crippen molar-refractivity contribution in [3.05, 3.63) is 63.2 Å². The number of thiazole rings is 1. The number of benzene rings is 2. The normalized spacial score (nSPS) is 10.9. The maximum Gasteiger partial charge on any atom is 0.277 e. The van der Waals surface area contributed by atoms with Gasteiger partial charge in [0.2, 0.25) is 5.91 Å². The van der Waals surface area contributed by atoms with Crippen LogP contribution in [0.2, 0.25) is 5.02 Å². The topological polar surface area (TPSA) is 99.0 Å². The minimum Gasteiger partial charge on any atom is -0.495 e. The molecule has 4 aromatic rings. The van der Waals surface area contributed by atoms with E-state index in [4.69, 9.17) is 16.3 Å². The number of nitrogens with one attached hydrogen (secondary N) is 1. The van der Waals surface area contributed by atoms with E-state index in [1.54, 1.807) is 43.5 Å². The van der Waals surface area contributed by atoms with E-state index < -0.39 is 0 Å². The number of anilines is 1. The van der Waals surface area contributed by atoms with Gasteiger partial charge in [0.15, 0.2) is 5.13 Å². The number of halogens is 1. The predicted molar refractivity (Wildman–Crippen MR) is 116 cm³/mol. The SMILES string of the molecule is COc1ccc(-c2csc(NC(=O)CCn3nnc4ccccc4c3=O)n2)cc1Cl. The second kappa shape index (κ2) is 8.60. The van der Waals surface area contributed by atoms with Crippen LogP contribution >= 0.6 is 22.9 Å². The Labute approximate surface area is 180 Å². The number of carbonyl (C=O) groups excluding carboxylic acids is 1. The zero-order chi connectivity index (χ0) is 21.1. The number of hydrogen-bond donors (Lipinski definition) is 1. The van der Waals surface area contributed by atoms with Gasteiger partial charge in [-0.25, -0.2) is 9.67 Å². The lowest BCUT2D eigenvalue weighted by molar-refractivity contribution is -0.116. The smallest absolute Gasteiger partial charge is 0.277 e. The van der Waals surface area contributed by atoms with Crippen LogP contribution in [0.4, 0.5) is 5.13 Å². The van der Waals surface area contributed by atoms with Gasteiger partial charge in [0.1, 0.15) is 11.3 Å². The average molecular weight is 442 g/mol. The van der Waals surface area contributed by atoms with Crippen LogP contribution in [0, 0.1) is 0 Å². The molecule has 1 N–H and O–H groups in total. The Bertz CT molecular complexity index is 1290. The first-order valence-electron chi connectivity index (χ1n) is 8.97. The first-order chi connectivity index (χ1) is 14.5. The molecule has 0 unspecified atom stereocenters. The molecule has 10 heteroatoms. The third kappa shape index (κ3) is 4.17. The maximum atomic E-state index is 12.4. The summed E-state index contributed by atoms with van der Waals surface area (Å²) in [6, 6.07) is 12.3. The third-order valence-corrected chi connectivity index (χ3v) is 5.43. The van der Waals surface area contributed by atoms with Gasteiger partial charge in [-0.3, -0.25) is 9.59 Å². The number of ether oxygens (including phenoxy) is 1. The molecule has 0 atom stereocenters. The van der Waals surface area contributed by atoms with Gasteiger partial charge in [-0.1, -0.05) is 28.9 Å². The fourth-order valence-corrected chi connectivity index (χ4v) is 3.84. The molecule has 0 bridgehead atoms. The second-order valence-corrected chi connectivity index (χ2v) is 7.59. The summed E-state index contributed by atoms with van der Waals surface area (Å²) in [4.78, 5) is 29.2. The molecular formula is C20H16ClN5O3S. The van der Waals surface area contributed by atoms with E-state index in [0.717, 1.165) is 5.56 Å². The summed E-state index contributed by atoms with van der Waals surface area (Å²) in [5.41, 5.74) is 1.76. The molecule has 2 aromatic heterocycles. The zero-order valence-corrected chi connectivity index (χ0v) is 17.4. The molecule has 0 aliphatic heterocycles. The number of fused-ring (bicyclic) bond motifs is 1. The van der Waals surface area contributed by atoms with Crippen LogP contribution in [0.25, 0.3) is 22.2 Å². The van der Waals surface area contributed by atoms with Gasteiger partial charge in [-0.15, -0.1) is 16.4 Å². The van der Waals surface area contributed by atoms with E-state index in [1.165, 1.54) is 16.0 Å². The summed E-state index contributed by atoms with van der Waals surface area (Å²) in [5.74, 6) is 0.307. The van der Waals surface area contributed by atoms with Gasteiger partial charge in [-0.2, -0.15) is 0 Å². The van der Waals surface area contributed by atoms with Gasteiger partial charge in [0, 0.05) is 17.4 Å². The molecule has 2 heterocycles. The van der Waals surface area contributed by atoms with Crippen molar-refractivity contribution >= 4 is 44.9 Å². The Morgan fingerprint density at radius 3 is 2.90 bits per heavy atom. The molecule has 0 saturated carbocycles. The van der Waals surface area contributed by atoms with Crippen molar-refractivity contribution in [1.82, 2.24) is 20.0 Å². The number of aromatic nitrogens is 4. The van der Waals surface area contributed by atoms with Crippen LogP contribution in [0.1, 0.15) is 6.42 Å². The number of aryl methyl sites for hydroxylation is 1. The predicted octanol–water partition coefficient (Wildman–Crippen LogP) is 3.61. The second-order valence-electron chi connectivity index (χ2n) is 6.32. The van der Waals surface area contributed by atoms with Gasteiger partial charge >= 0.3 is 0 Å². The Morgan fingerprint density at radius 1 is 1.27 bits per heavy atom. The van der Waals surface area contributed by atoms with Crippen molar-refractivity contribution in [2.75, 3.05) is 12.4 Å². The standard InChI is InChI=1S/C20H16ClN5O3S/c1-29-17-7-6-12(10-14(17)21)16-11-30-20(22-16)23-18(27)8-9-26-19(28)13-4-2-3-5-15(13)24-25-26/h2-7,10-11H,8-9H2,1H3,(H,22,23,27). The van der Waals surface area contributed by atoms with Crippen LogP contribution < -0.4 is 15.6 Å². The van der Waals surface area contributed by atoms with Crippen LogP contribution in [-0.4, -0.2) is 33.0 Å². The maximum absolute atomic E-state index is 12.4. The van der Waals surface area contributed by atoms with Gasteiger partial charge in [0.25, 0.3) is 5.56 Å². The third-order valence-electron chi connectivity index (χ3n) is 4.38. The van der Waals surface area contributed by atoms with Gasteiger partial charge < -0.3 is 10.1 Å². The summed E-state index contributed by atoms with van der Waals surface area (Å²) in [5, 5.41) is 13.9. The highest BCUT2D eigenvalue weighted by molar-refractivity contribution is 7.14. The minimum absolute atomic E-state index is 0.0657. The summed E-state index contributed by atoms with van der Waals surface area (Å²) in [6.45, 7) is 0.120. The lowest BCUT2D eigenvalue weighted by atomic mass is 10.2. The molecule has 0 saturated heterocycles. The molecular weight excluding hydrogens is 426 g/mol. The highest BCUT2D eigenvalue weighted by Crippen LogP contribution is 2.31. The molecule has 0 fully saturated rings. The highest BCUT2D eigenvalue weighted by atomic mass is 35.5. The van der Waals surface area contributed by atoms with Crippen LogP contribution in [0.15, 0.2) is 52.6 Å². The fourth-order valence-electron chi connectivity index (χ4n) is 2.85. The lowest BCUT2D eigenvalue weighted by Gasteiger charge is -2.05. The van der Waals surface area contributed by atoms with E-state index in [1.807, 2.05) is 11.4 Å². The summed E-state index contributed by atoms with van der Waals surface area (Å²) >= 11 is 7.46. The number of carbonyl (C=O) groups is 1. The first-order valence-corrected chi connectivity index (χ1v) is 10.2. The Balaban J connectivity index is 1.41. The molecule has 1 amide bonds. The number of rotatable bonds is 6. The fraction of sp³-hybridized carbons (Fsp3) is 0.150. The van der Waals surface area contributed by atoms with Crippen molar-refractivity contribution in [2.24, 2.45) is 0 Å². The highest BCUT2D eigenvalue weighted by Gasteiger charge is 2.11. The molecule has 0 radical (unpaired) electrons. The quantitative estimate of drug-likeness (QED) is 0.490. The summed E-state index contributed by atoms with van der Waals surface area (Å²) in [7, 11) is 1.55. The first kappa shape index (κ1) is 20.0. The minimum atomic E-state index is -0.277. The Kier molecular flexibility index (Phi) is 5.73. The van der Waals surface area contributed by atoms with Crippen molar-refractivity contribution in [2.45, 2.75) is 13.0 Å². The van der Waals surface area contributed by atoms with E-state index in [9.17, 15) is 9.59 Å². The summed E-state index contributed by atoms with van der Waals surface area (Å²) < 4.78 is 6.34. The van der Waals surface area contributed by atoms with Crippen LogP contribution in [0.5, 0.6) is 5.75 Å². The van der Waals surface area contributed by atoms with E-state index in [0.29, 0.717) is 32.5 Å². The largest absolute Gasteiger partial charge is 0.495 e. The lowest BCUT2D eigenvalue weighted by Crippen LogP contribution is -2.26. The van der Waals surface area contributed by atoms with E-state index >= 15 is 0 Å². The molecule has 0 aliphatic carbocycles. The molecule has 4 rings (SSSR count). The van der Waals surface area contributed by atoms with E-state index in [-0.39, 0.29) is 24.4 Å². The van der Waals surface area contributed by atoms with Gasteiger partial charge in [-0.05, 0) is 30.3 Å². The van der Waals surface area contributed by atoms with Crippen molar-refractivity contribution < 1.29 is 9.53 Å². The average Bonchev–Trinajstić information content (AvgIpc) is 3.22. The van der Waals surface area contributed by atoms with Crippen molar-refractivity contribution in [3.63, 3.8) is 0 Å². The van der Waals surface area contributed by atoms with Gasteiger partial charge in [0.05, 0.1) is 29.8 Å².